The van der Waals surface area contributed by atoms with Crippen LogP contribution in [0.15, 0.2) is 47.1 Å². The largest absolute Gasteiger partial charge is 0.493 e. The fourth-order valence-corrected chi connectivity index (χ4v) is 3.62. The van der Waals surface area contributed by atoms with E-state index in [1.54, 1.807) is 13.4 Å². The third-order valence-electron chi connectivity index (χ3n) is 5.03. The third kappa shape index (κ3) is 5.16. The average Bonchev–Trinajstić information content (AvgIpc) is 3.42. The van der Waals surface area contributed by atoms with Crippen LogP contribution in [0.2, 0.25) is 0 Å². The lowest BCUT2D eigenvalue weighted by atomic mass is 10.2. The maximum atomic E-state index is 12.3. The van der Waals surface area contributed by atoms with Crippen molar-refractivity contribution in [2.24, 2.45) is 0 Å². The summed E-state index contributed by atoms with van der Waals surface area (Å²) in [5.41, 5.74) is 1.02. The Labute approximate surface area is 166 Å². The van der Waals surface area contributed by atoms with Gasteiger partial charge in [0, 0.05) is 12.8 Å². The molecule has 150 valence electrons. The highest BCUT2D eigenvalue weighted by Crippen LogP contribution is 2.28. The van der Waals surface area contributed by atoms with Gasteiger partial charge in [0.05, 0.1) is 33.0 Å². The number of rotatable bonds is 9. The number of likely N-dealkylation sites (tertiary alicyclic amines) is 1. The predicted molar refractivity (Wildman–Crippen MR) is 108 cm³/mol. The second-order valence-electron chi connectivity index (χ2n) is 6.94. The van der Waals surface area contributed by atoms with Gasteiger partial charge in [-0.2, -0.15) is 0 Å². The van der Waals surface area contributed by atoms with Gasteiger partial charge in [-0.3, -0.25) is 4.79 Å². The molecule has 2 N–H and O–H groups in total. The summed E-state index contributed by atoms with van der Waals surface area (Å²) in [6.07, 6.45) is 8.06. The van der Waals surface area contributed by atoms with E-state index in [2.05, 4.69) is 5.32 Å². The Hall–Kier alpha value is -2.73. The van der Waals surface area contributed by atoms with Crippen molar-refractivity contribution in [2.75, 3.05) is 33.4 Å². The zero-order valence-corrected chi connectivity index (χ0v) is 16.6. The summed E-state index contributed by atoms with van der Waals surface area (Å²) in [7, 11) is 1.59. The molecule has 1 fully saturated rings. The van der Waals surface area contributed by atoms with Crippen LogP contribution in [0.1, 0.15) is 37.1 Å². The van der Waals surface area contributed by atoms with Gasteiger partial charge in [-0.25, -0.2) is 0 Å². The summed E-state index contributed by atoms with van der Waals surface area (Å²) < 4.78 is 16.7. The smallest absolute Gasteiger partial charge is 0.258 e. The molecule has 2 aromatic rings. The molecule has 0 unspecified atom stereocenters. The number of hydrogen-bond donors (Lipinski definition) is 2. The van der Waals surface area contributed by atoms with E-state index in [0.29, 0.717) is 18.0 Å². The first-order valence-electron chi connectivity index (χ1n) is 9.79. The average molecular weight is 385 g/mol. The van der Waals surface area contributed by atoms with Crippen LogP contribution in [-0.2, 0) is 4.79 Å². The van der Waals surface area contributed by atoms with Gasteiger partial charge in [-0.1, -0.05) is 18.2 Å². The van der Waals surface area contributed by atoms with Crippen LogP contribution in [0.25, 0.3) is 6.08 Å². The van der Waals surface area contributed by atoms with E-state index in [9.17, 15) is 4.79 Å². The van der Waals surface area contributed by atoms with E-state index in [0.717, 1.165) is 24.4 Å². The van der Waals surface area contributed by atoms with E-state index < -0.39 is 0 Å². The topological polar surface area (TPSA) is 65.1 Å². The fraction of sp³-hybridized carbons (Fsp3) is 0.409. The van der Waals surface area contributed by atoms with Crippen LogP contribution < -0.4 is 19.7 Å². The summed E-state index contributed by atoms with van der Waals surface area (Å²) in [6, 6.07) is 9.65. The maximum Gasteiger partial charge on any atom is 0.258 e. The molecule has 1 atom stereocenters. The fourth-order valence-electron chi connectivity index (χ4n) is 3.62. The second kappa shape index (κ2) is 9.99. The Morgan fingerprint density at radius 1 is 1.29 bits per heavy atom. The van der Waals surface area contributed by atoms with Gasteiger partial charge < -0.3 is 24.1 Å². The van der Waals surface area contributed by atoms with Crippen molar-refractivity contribution in [1.82, 2.24) is 5.32 Å². The quantitative estimate of drug-likeness (QED) is 0.695. The number of carbonyl (C=O) groups excluding carboxylic acids is 1. The lowest BCUT2D eigenvalue weighted by molar-refractivity contribution is -0.919. The zero-order chi connectivity index (χ0) is 19.8. The number of quaternary nitrogens is 1. The standard InChI is InChI=1S/C22H28N2O4/c1-3-7-17-9-10-20(21(14-17)26-2)28-16-22(25)23-15-18(19-8-6-13-27-19)24-11-4-5-12-24/h3,6-10,13-14,18H,4-5,11-12,15-16H2,1-2H3,(H,23,25)/p+1/b7-3+/t18-/m0/s1. The first kappa shape index (κ1) is 20.0. The molecule has 3 rings (SSSR count). The molecule has 2 heterocycles. The molecular formula is C22H29N2O4+. The van der Waals surface area contributed by atoms with Crippen LogP contribution in [-0.4, -0.2) is 39.3 Å². The number of nitrogens with one attached hydrogen (secondary N) is 2. The molecule has 0 saturated carbocycles. The number of hydrogen-bond acceptors (Lipinski definition) is 4. The van der Waals surface area contributed by atoms with Crippen LogP contribution in [0, 0.1) is 0 Å². The molecule has 1 aromatic heterocycles. The normalized spacial score (nSPS) is 15.6. The molecule has 0 radical (unpaired) electrons. The molecule has 6 nitrogen and oxygen atoms in total. The lowest BCUT2D eigenvalue weighted by Crippen LogP contribution is -3.11. The van der Waals surface area contributed by atoms with Gasteiger partial charge in [-0.15, -0.1) is 0 Å². The highest BCUT2D eigenvalue weighted by molar-refractivity contribution is 5.77. The predicted octanol–water partition coefficient (Wildman–Crippen LogP) is 2.24. The van der Waals surface area contributed by atoms with Crippen LogP contribution in [0.3, 0.4) is 0 Å². The minimum Gasteiger partial charge on any atom is -0.493 e. The molecule has 0 aliphatic carbocycles. The van der Waals surface area contributed by atoms with Gasteiger partial charge in [0.2, 0.25) is 0 Å². The summed E-state index contributed by atoms with van der Waals surface area (Å²) in [6.45, 7) is 4.64. The third-order valence-corrected chi connectivity index (χ3v) is 5.03. The van der Waals surface area contributed by atoms with Gasteiger partial charge in [-0.05, 0) is 36.8 Å². The van der Waals surface area contributed by atoms with Crippen molar-refractivity contribution >= 4 is 12.0 Å². The Morgan fingerprint density at radius 2 is 2.11 bits per heavy atom. The highest BCUT2D eigenvalue weighted by atomic mass is 16.5. The second-order valence-corrected chi connectivity index (χ2v) is 6.94. The van der Waals surface area contributed by atoms with E-state index in [-0.39, 0.29) is 18.6 Å². The first-order valence-corrected chi connectivity index (χ1v) is 9.79. The molecule has 1 amide bonds. The Kier molecular flexibility index (Phi) is 7.14. The SMILES string of the molecule is C/C=C/c1ccc(OCC(=O)NC[C@@H](c2ccco2)[NH+]2CCCC2)c(OC)c1. The van der Waals surface area contributed by atoms with Crippen molar-refractivity contribution in [3.8, 4) is 11.5 Å². The van der Waals surface area contributed by atoms with Crippen molar-refractivity contribution < 1.29 is 23.6 Å². The first-order chi connectivity index (χ1) is 13.7. The van der Waals surface area contributed by atoms with Crippen LogP contribution in [0.5, 0.6) is 11.5 Å². The Bertz CT molecular complexity index is 780. The van der Waals surface area contributed by atoms with Crippen molar-refractivity contribution in [2.45, 2.75) is 25.8 Å². The maximum absolute atomic E-state index is 12.3. The molecule has 1 aliphatic heterocycles. The van der Waals surface area contributed by atoms with E-state index >= 15 is 0 Å². The van der Waals surface area contributed by atoms with E-state index in [1.807, 2.05) is 49.4 Å². The molecule has 0 bridgehead atoms. The number of benzene rings is 1. The van der Waals surface area contributed by atoms with Crippen molar-refractivity contribution in [1.29, 1.82) is 0 Å². The minimum absolute atomic E-state index is 0.0560. The van der Waals surface area contributed by atoms with Gasteiger partial charge in [0.15, 0.2) is 29.9 Å². The van der Waals surface area contributed by atoms with Gasteiger partial charge >= 0.3 is 0 Å². The summed E-state index contributed by atoms with van der Waals surface area (Å²) in [5, 5.41) is 2.99. The molecule has 1 saturated heterocycles. The number of carbonyl (C=O) groups is 1. The minimum atomic E-state index is -0.158. The number of furan rings is 1. The van der Waals surface area contributed by atoms with Gasteiger partial charge in [0.25, 0.3) is 5.91 Å². The number of amides is 1. The zero-order valence-electron chi connectivity index (χ0n) is 16.6. The molecule has 6 heteroatoms. The molecular weight excluding hydrogens is 356 g/mol. The van der Waals surface area contributed by atoms with Crippen LogP contribution >= 0.6 is 0 Å². The Balaban J connectivity index is 1.55. The highest BCUT2D eigenvalue weighted by Gasteiger charge is 2.29. The van der Waals surface area contributed by atoms with Crippen LogP contribution in [0.4, 0.5) is 0 Å². The summed E-state index contributed by atoms with van der Waals surface area (Å²) in [4.78, 5) is 13.8. The lowest BCUT2D eigenvalue weighted by Gasteiger charge is -2.23. The van der Waals surface area contributed by atoms with Crippen molar-refractivity contribution in [3.05, 3.63) is 54.0 Å². The summed E-state index contributed by atoms with van der Waals surface area (Å²) in [5.74, 6) is 1.92. The number of allylic oxidation sites excluding steroid dienone is 1. The molecule has 1 aliphatic rings. The van der Waals surface area contributed by atoms with E-state index in [4.69, 9.17) is 13.9 Å². The van der Waals surface area contributed by atoms with Gasteiger partial charge in [0.1, 0.15) is 0 Å². The number of methoxy groups -OCH3 is 1. The van der Waals surface area contributed by atoms with E-state index in [1.165, 1.54) is 17.7 Å². The molecule has 0 spiro atoms. The molecule has 28 heavy (non-hydrogen) atoms. The molecule has 1 aromatic carbocycles. The Morgan fingerprint density at radius 3 is 2.79 bits per heavy atom. The van der Waals surface area contributed by atoms with Crippen molar-refractivity contribution in [3.63, 3.8) is 0 Å². The number of ether oxygens (including phenoxy) is 2. The summed E-state index contributed by atoms with van der Waals surface area (Å²) >= 11 is 0. The monoisotopic (exact) mass is 385 g/mol.